The maximum atomic E-state index is 15.1. The van der Waals surface area contributed by atoms with E-state index in [9.17, 15) is 39.0 Å². The number of aromatic nitrogens is 3. The summed E-state index contributed by atoms with van der Waals surface area (Å²) in [5.41, 5.74) is 8.44. The molecule has 1 unspecified atom stereocenters. The fourth-order valence-electron chi connectivity index (χ4n) is 14.7. The highest BCUT2D eigenvalue weighted by atomic mass is 16.5. The minimum Gasteiger partial charge on any atom is -0.480 e. The number of aryl methyl sites for hydroxylation is 5. The van der Waals surface area contributed by atoms with Crippen LogP contribution in [-0.4, -0.2) is 171 Å². The zero-order valence-corrected chi connectivity index (χ0v) is 52.5. The Morgan fingerprint density at radius 2 is 1.20 bits per heavy atom. The van der Waals surface area contributed by atoms with Crippen LogP contribution in [0.5, 0.6) is 5.75 Å². The number of likely N-dealkylation sites (tertiary alicyclic amines) is 4. The molecule has 5 aromatic rings. The number of carbonyl (C=O) groups excluding carboxylic acids is 5. The molecule has 10 heterocycles. The maximum absolute atomic E-state index is 15.1. The maximum Gasteiger partial charge on any atom is 0.333 e. The number of ether oxygens (including phenoxy) is 1. The number of carboxylic acids is 2. The van der Waals surface area contributed by atoms with E-state index in [1.807, 2.05) is 34.1 Å². The topological polar surface area (TPSA) is 272 Å². The van der Waals surface area contributed by atoms with Crippen molar-refractivity contribution in [2.24, 2.45) is 23.7 Å². The Labute approximate surface area is 537 Å². The van der Waals surface area contributed by atoms with Gasteiger partial charge in [-0.1, -0.05) is 42.5 Å². The SMILES string of the molecule is O=C(O)CN1CCC(C(=O)N2CCC(Cc3ccc4c(n3)N(c3cccc([C@H](C(=O)Oc5cccc([C@@H](C(=O)O)N6CC[C@@H](C(=O)NCCCc7ccc8c(n7)NCCC8)C6)c5)N5CC[C@@H](C(=O)NCCCc6ccc7c(n6)NCCC7)C5)c3)CCC4)CC2)CC1=O. The molecule has 0 radical (unpaired) electrons. The van der Waals surface area contributed by atoms with Crippen LogP contribution in [0.25, 0.3) is 0 Å². The van der Waals surface area contributed by atoms with E-state index < -0.39 is 41.8 Å². The molecule has 4 fully saturated rings. The summed E-state index contributed by atoms with van der Waals surface area (Å²) in [4.78, 5) is 117. The van der Waals surface area contributed by atoms with Crippen LogP contribution in [0.2, 0.25) is 0 Å². The largest absolute Gasteiger partial charge is 0.480 e. The molecule has 486 valence electrons. The number of amides is 4. The van der Waals surface area contributed by atoms with Gasteiger partial charge >= 0.3 is 17.9 Å². The molecule has 22 heteroatoms. The Bertz CT molecular complexity index is 3540. The molecule has 5 atom stereocenters. The van der Waals surface area contributed by atoms with Crippen molar-refractivity contribution in [3.8, 4) is 5.75 Å². The molecule has 12 rings (SSSR count). The van der Waals surface area contributed by atoms with Crippen LogP contribution in [0.15, 0.2) is 84.9 Å². The lowest BCUT2D eigenvalue weighted by Crippen LogP contribution is -2.48. The fourth-order valence-corrected chi connectivity index (χ4v) is 14.7. The lowest BCUT2D eigenvalue weighted by atomic mass is 9.89. The Morgan fingerprint density at radius 3 is 1.83 bits per heavy atom. The van der Waals surface area contributed by atoms with Crippen LogP contribution < -0.4 is 30.9 Å². The van der Waals surface area contributed by atoms with E-state index in [1.54, 1.807) is 29.2 Å². The van der Waals surface area contributed by atoms with Gasteiger partial charge in [0.25, 0.3) is 0 Å². The number of nitrogens with one attached hydrogen (secondary N) is 4. The van der Waals surface area contributed by atoms with E-state index in [2.05, 4.69) is 62.6 Å². The molecule has 4 saturated heterocycles. The van der Waals surface area contributed by atoms with Crippen LogP contribution in [0.4, 0.5) is 23.1 Å². The molecule has 2 aromatic carbocycles. The predicted molar refractivity (Wildman–Crippen MR) is 345 cm³/mol. The van der Waals surface area contributed by atoms with Crippen LogP contribution in [0, 0.1) is 23.7 Å². The number of hydrogen-bond acceptors (Lipinski definition) is 16. The molecule has 0 aliphatic carbocycles. The third kappa shape index (κ3) is 15.3. The molecular weight excluding hydrogens is 1170 g/mol. The molecule has 22 nitrogen and oxygen atoms in total. The fraction of sp³-hybridized carbons (Fsp3) is 0.514. The van der Waals surface area contributed by atoms with Gasteiger partial charge in [0.05, 0.1) is 11.8 Å². The zero-order valence-electron chi connectivity index (χ0n) is 52.5. The smallest absolute Gasteiger partial charge is 0.333 e. The van der Waals surface area contributed by atoms with Gasteiger partial charge in [0, 0.05) is 114 Å². The number of carboxylic acid groups (broad SMARTS) is 2. The van der Waals surface area contributed by atoms with E-state index in [0.717, 1.165) is 142 Å². The minimum absolute atomic E-state index is 0.0328. The van der Waals surface area contributed by atoms with E-state index in [-0.39, 0.29) is 61.4 Å². The summed E-state index contributed by atoms with van der Waals surface area (Å²) in [6, 6.07) is 25.2. The first kappa shape index (κ1) is 63.6. The summed E-state index contributed by atoms with van der Waals surface area (Å²) in [5.74, 6) is -1.20. The van der Waals surface area contributed by atoms with Crippen molar-refractivity contribution in [1.29, 1.82) is 0 Å². The summed E-state index contributed by atoms with van der Waals surface area (Å²) < 4.78 is 6.35. The zero-order chi connectivity index (χ0) is 63.7. The summed E-state index contributed by atoms with van der Waals surface area (Å²) in [6.45, 7) is 5.96. The molecule has 6 N–H and O–H groups in total. The highest BCUT2D eigenvalue weighted by Gasteiger charge is 2.41. The van der Waals surface area contributed by atoms with Crippen LogP contribution >= 0.6 is 0 Å². The van der Waals surface area contributed by atoms with E-state index in [1.165, 1.54) is 16.0 Å². The minimum atomic E-state index is -1.10. The van der Waals surface area contributed by atoms with Crippen molar-refractivity contribution in [3.63, 3.8) is 0 Å². The summed E-state index contributed by atoms with van der Waals surface area (Å²) >= 11 is 0. The number of aliphatic carboxylic acids is 2. The van der Waals surface area contributed by atoms with Crippen LogP contribution in [-0.2, 0) is 72.1 Å². The van der Waals surface area contributed by atoms with Crippen molar-refractivity contribution in [1.82, 2.24) is 45.2 Å². The average Bonchev–Trinajstić information content (AvgIpc) is 1.20. The second-order valence-electron chi connectivity index (χ2n) is 26.1. The molecule has 0 saturated carbocycles. The first-order valence-electron chi connectivity index (χ1n) is 33.4. The third-order valence-electron chi connectivity index (χ3n) is 19.7. The molecular formula is C70H86N12O10. The Balaban J connectivity index is 0.712. The number of pyridine rings is 3. The molecule has 92 heavy (non-hydrogen) atoms. The third-order valence-corrected chi connectivity index (χ3v) is 19.7. The lowest BCUT2D eigenvalue weighted by Gasteiger charge is -2.37. The summed E-state index contributed by atoms with van der Waals surface area (Å²) in [6.07, 6.45) is 12.7. The molecule has 7 aliphatic rings. The number of esters is 1. The van der Waals surface area contributed by atoms with Crippen LogP contribution in [0.3, 0.4) is 0 Å². The summed E-state index contributed by atoms with van der Waals surface area (Å²) in [7, 11) is 0. The lowest BCUT2D eigenvalue weighted by molar-refractivity contribution is -0.150. The number of nitrogens with zero attached hydrogens (tertiary/aromatic N) is 8. The van der Waals surface area contributed by atoms with Gasteiger partial charge in [0.15, 0.2) is 0 Å². The van der Waals surface area contributed by atoms with Gasteiger partial charge in [-0.3, -0.25) is 38.6 Å². The van der Waals surface area contributed by atoms with Crippen molar-refractivity contribution in [3.05, 3.63) is 130 Å². The van der Waals surface area contributed by atoms with Crippen molar-refractivity contribution < 1.29 is 48.5 Å². The monoisotopic (exact) mass is 1250 g/mol. The van der Waals surface area contributed by atoms with E-state index in [0.29, 0.717) is 88.7 Å². The molecule has 7 aliphatic heterocycles. The van der Waals surface area contributed by atoms with Gasteiger partial charge in [-0.25, -0.2) is 19.7 Å². The standard InChI is InChI=1S/C70H86N12O10/c83-59-41-51(25-35-79(59)44-60(84)85)68(88)78-33-23-45(24-34-78)38-56-22-19-48-12-7-32-82(65(48)77-56)57-15-1-8-49(39-57)62(81-37-27-53(43-81)67(87)74-31-6-14-55-21-18-47-11-4-29-72-64(47)76-55)70(91)92-58-16-2-9-50(40-58)61(69(89)90)80-36-26-52(42-80)66(86)73-30-5-13-54-20-17-46-10-3-28-71-63(46)75-54/h1-2,8-9,15-22,39-40,45,51-53,61-62H,3-7,10-14,23-38,41-44H2,(H,71,75)(H,72,76)(H,73,86)(H,74,87)(H,84,85)(H,89,90)/t51?,52-,53-,61+,62-/m1/s1. The van der Waals surface area contributed by atoms with Gasteiger partial charge in [0.2, 0.25) is 23.6 Å². The number of hydrogen-bond donors (Lipinski definition) is 6. The molecule has 0 spiro atoms. The predicted octanol–water partition coefficient (Wildman–Crippen LogP) is 6.69. The van der Waals surface area contributed by atoms with Gasteiger partial charge in [-0.2, -0.15) is 0 Å². The van der Waals surface area contributed by atoms with Crippen molar-refractivity contribution in [2.75, 3.05) is 101 Å². The van der Waals surface area contributed by atoms with Crippen LogP contribution in [0.1, 0.15) is 128 Å². The van der Waals surface area contributed by atoms with E-state index >= 15 is 4.79 Å². The quantitative estimate of drug-likeness (QED) is 0.0226. The van der Waals surface area contributed by atoms with Gasteiger partial charge in [-0.05, 0) is 179 Å². The number of piperidine rings is 2. The second-order valence-corrected chi connectivity index (χ2v) is 26.1. The van der Waals surface area contributed by atoms with E-state index in [4.69, 9.17) is 19.7 Å². The highest BCUT2D eigenvalue weighted by molar-refractivity contribution is 5.89. The number of benzene rings is 2. The van der Waals surface area contributed by atoms with Gasteiger partial charge in [0.1, 0.15) is 41.8 Å². The van der Waals surface area contributed by atoms with Crippen molar-refractivity contribution in [2.45, 2.75) is 121 Å². The highest BCUT2D eigenvalue weighted by Crippen LogP contribution is 2.38. The number of fused-ring (bicyclic) bond motifs is 3. The van der Waals surface area contributed by atoms with Gasteiger partial charge < -0.3 is 50.9 Å². The molecule has 3 aromatic heterocycles. The summed E-state index contributed by atoms with van der Waals surface area (Å²) in [5, 5.41) is 33.0. The van der Waals surface area contributed by atoms with Gasteiger partial charge in [-0.15, -0.1) is 0 Å². The Kier molecular flexibility index (Phi) is 20.3. The molecule has 4 amide bonds. The second kappa shape index (κ2) is 29.4. The number of rotatable bonds is 23. The first-order valence-corrected chi connectivity index (χ1v) is 33.4. The Hall–Kier alpha value is -8.50. The van der Waals surface area contributed by atoms with Crippen molar-refractivity contribution >= 4 is 64.7 Å². The Morgan fingerprint density at radius 1 is 0.609 bits per heavy atom. The first-order chi connectivity index (χ1) is 44.8. The molecule has 0 bridgehead atoms. The average molecular weight is 1260 g/mol. The number of anilines is 4. The number of carbonyl (C=O) groups is 7. The normalized spacial score (nSPS) is 20.8.